The lowest BCUT2D eigenvalue weighted by Crippen LogP contribution is -2.12. The molecule has 4 heteroatoms. The highest BCUT2D eigenvalue weighted by Crippen LogP contribution is 2.22. The van der Waals surface area contributed by atoms with Gasteiger partial charge in [-0.3, -0.25) is 4.79 Å². The minimum absolute atomic E-state index is 0.426. The normalized spacial score (nSPS) is 10.5. The Kier molecular flexibility index (Phi) is 2.04. The van der Waals surface area contributed by atoms with Crippen molar-refractivity contribution in [2.45, 2.75) is 6.92 Å². The van der Waals surface area contributed by atoms with Gasteiger partial charge in [-0.15, -0.1) is 0 Å². The van der Waals surface area contributed by atoms with Crippen LogP contribution in [0.4, 0.5) is 5.82 Å². The molecule has 0 atom stereocenters. The zero-order valence-corrected chi connectivity index (χ0v) is 8.32. The predicted octanol–water partition coefficient (Wildman–Crippen LogP) is 1.22. The third kappa shape index (κ3) is 1.50. The Hall–Kier alpha value is -2.10. The van der Waals surface area contributed by atoms with E-state index >= 15 is 0 Å². The molecule has 0 saturated carbocycles. The van der Waals surface area contributed by atoms with Gasteiger partial charge in [0, 0.05) is 17.1 Å². The van der Waals surface area contributed by atoms with Crippen LogP contribution < -0.4 is 11.5 Å². The van der Waals surface area contributed by atoms with Crippen LogP contribution in [0.5, 0.6) is 0 Å². The van der Waals surface area contributed by atoms with Crippen molar-refractivity contribution < 1.29 is 4.79 Å². The average Bonchev–Trinajstić information content (AvgIpc) is 2.18. The number of anilines is 1. The molecule has 0 aliphatic heterocycles. The number of rotatable bonds is 1. The Morgan fingerprint density at radius 3 is 2.80 bits per heavy atom. The number of primary amides is 1. The molecule has 4 nitrogen and oxygen atoms in total. The van der Waals surface area contributed by atoms with Crippen molar-refractivity contribution >= 4 is 22.5 Å². The first-order chi connectivity index (χ1) is 7.09. The largest absolute Gasteiger partial charge is 0.383 e. The smallest absolute Gasteiger partial charge is 0.248 e. The quantitative estimate of drug-likeness (QED) is 0.727. The molecule has 0 fully saturated rings. The predicted molar refractivity (Wildman–Crippen MR) is 59.4 cm³/mol. The SMILES string of the molecule is Cc1cc2c(N)nccc2cc1C(N)=O. The highest BCUT2D eigenvalue weighted by molar-refractivity contribution is 6.01. The molecule has 76 valence electrons. The Morgan fingerprint density at radius 1 is 1.40 bits per heavy atom. The summed E-state index contributed by atoms with van der Waals surface area (Å²) in [5.74, 6) is 0.0383. The molecule has 15 heavy (non-hydrogen) atoms. The van der Waals surface area contributed by atoms with Crippen molar-refractivity contribution in [3.8, 4) is 0 Å². The number of pyridine rings is 1. The van der Waals surface area contributed by atoms with E-state index in [9.17, 15) is 4.79 Å². The monoisotopic (exact) mass is 201 g/mol. The molecule has 2 rings (SSSR count). The zero-order valence-electron chi connectivity index (χ0n) is 8.32. The number of nitrogens with two attached hydrogens (primary N) is 2. The molecule has 0 spiro atoms. The summed E-state index contributed by atoms with van der Waals surface area (Å²) >= 11 is 0. The molecule has 0 aliphatic carbocycles. The average molecular weight is 201 g/mol. The van der Waals surface area contributed by atoms with Gasteiger partial charge in [0.25, 0.3) is 0 Å². The maximum absolute atomic E-state index is 11.1. The fraction of sp³-hybridized carbons (Fsp3) is 0.0909. The first-order valence-corrected chi connectivity index (χ1v) is 4.54. The lowest BCUT2D eigenvalue weighted by atomic mass is 10.0. The van der Waals surface area contributed by atoms with Gasteiger partial charge in [-0.1, -0.05) is 0 Å². The fourth-order valence-electron chi connectivity index (χ4n) is 1.62. The van der Waals surface area contributed by atoms with Gasteiger partial charge >= 0.3 is 0 Å². The molecular formula is C11H11N3O. The van der Waals surface area contributed by atoms with E-state index in [0.29, 0.717) is 11.4 Å². The standard InChI is InChI=1S/C11H11N3O/c1-6-4-9-7(2-3-14-10(9)12)5-8(6)11(13)15/h2-5H,1H3,(H2,12,14)(H2,13,15). The highest BCUT2D eigenvalue weighted by Gasteiger charge is 2.07. The van der Waals surface area contributed by atoms with Gasteiger partial charge in [-0.05, 0) is 36.1 Å². The van der Waals surface area contributed by atoms with E-state index in [0.717, 1.165) is 16.3 Å². The Labute approximate surface area is 86.9 Å². The Bertz CT molecular complexity index is 549. The summed E-state index contributed by atoms with van der Waals surface area (Å²) in [6.45, 7) is 1.83. The number of amides is 1. The number of nitrogens with zero attached hydrogens (tertiary/aromatic N) is 1. The maximum atomic E-state index is 11.1. The number of benzene rings is 1. The summed E-state index contributed by atoms with van der Waals surface area (Å²) in [5.41, 5.74) is 12.3. The van der Waals surface area contributed by atoms with E-state index in [1.807, 2.05) is 13.0 Å². The van der Waals surface area contributed by atoms with Crippen LogP contribution in [0.1, 0.15) is 15.9 Å². The summed E-state index contributed by atoms with van der Waals surface area (Å²) in [7, 11) is 0. The summed E-state index contributed by atoms with van der Waals surface area (Å²) < 4.78 is 0. The van der Waals surface area contributed by atoms with Crippen molar-refractivity contribution in [1.29, 1.82) is 0 Å². The van der Waals surface area contributed by atoms with E-state index in [-0.39, 0.29) is 0 Å². The van der Waals surface area contributed by atoms with Crippen LogP contribution in [0.25, 0.3) is 10.8 Å². The summed E-state index contributed by atoms with van der Waals surface area (Å²) in [6, 6.07) is 5.38. The van der Waals surface area contributed by atoms with Crippen LogP contribution in [-0.4, -0.2) is 10.9 Å². The van der Waals surface area contributed by atoms with Crippen molar-refractivity contribution in [2.75, 3.05) is 5.73 Å². The van der Waals surface area contributed by atoms with Gasteiger partial charge in [0.2, 0.25) is 5.91 Å². The number of hydrogen-bond acceptors (Lipinski definition) is 3. The van der Waals surface area contributed by atoms with Gasteiger partial charge in [0.1, 0.15) is 5.82 Å². The zero-order chi connectivity index (χ0) is 11.0. The Balaban J connectivity index is 2.82. The fourth-order valence-corrected chi connectivity index (χ4v) is 1.62. The van der Waals surface area contributed by atoms with Gasteiger partial charge in [-0.25, -0.2) is 4.98 Å². The molecule has 4 N–H and O–H groups in total. The second-order valence-corrected chi connectivity index (χ2v) is 3.45. The van der Waals surface area contributed by atoms with Gasteiger partial charge in [0.15, 0.2) is 0 Å². The molecular weight excluding hydrogens is 190 g/mol. The second-order valence-electron chi connectivity index (χ2n) is 3.45. The molecule has 2 aromatic rings. The molecule has 0 radical (unpaired) electrons. The third-order valence-electron chi connectivity index (χ3n) is 2.41. The van der Waals surface area contributed by atoms with Crippen molar-refractivity contribution in [3.05, 3.63) is 35.5 Å². The highest BCUT2D eigenvalue weighted by atomic mass is 16.1. The van der Waals surface area contributed by atoms with Crippen molar-refractivity contribution in [2.24, 2.45) is 5.73 Å². The summed E-state index contributed by atoms with van der Waals surface area (Å²) in [5, 5.41) is 1.72. The molecule has 1 aromatic carbocycles. The Morgan fingerprint density at radius 2 is 2.13 bits per heavy atom. The minimum atomic E-state index is -0.426. The molecule has 1 heterocycles. The van der Waals surface area contributed by atoms with Crippen LogP contribution in [0, 0.1) is 6.92 Å². The van der Waals surface area contributed by atoms with Crippen LogP contribution in [0.15, 0.2) is 24.4 Å². The number of carbonyl (C=O) groups excluding carboxylic acids is 1. The maximum Gasteiger partial charge on any atom is 0.248 e. The van der Waals surface area contributed by atoms with E-state index in [1.165, 1.54) is 0 Å². The van der Waals surface area contributed by atoms with Crippen LogP contribution in [0.2, 0.25) is 0 Å². The van der Waals surface area contributed by atoms with E-state index < -0.39 is 5.91 Å². The molecule has 0 saturated heterocycles. The lowest BCUT2D eigenvalue weighted by molar-refractivity contribution is 0.1000. The molecule has 0 unspecified atom stereocenters. The van der Waals surface area contributed by atoms with E-state index in [1.54, 1.807) is 18.3 Å². The first kappa shape index (κ1) is 9.45. The third-order valence-corrected chi connectivity index (χ3v) is 2.41. The van der Waals surface area contributed by atoms with Crippen molar-refractivity contribution in [1.82, 2.24) is 4.98 Å². The van der Waals surface area contributed by atoms with Crippen LogP contribution in [-0.2, 0) is 0 Å². The number of hydrogen-bond donors (Lipinski definition) is 2. The molecule has 1 amide bonds. The number of carbonyl (C=O) groups is 1. The number of fused-ring (bicyclic) bond motifs is 1. The van der Waals surface area contributed by atoms with Gasteiger partial charge in [0.05, 0.1) is 0 Å². The van der Waals surface area contributed by atoms with Gasteiger partial charge in [-0.2, -0.15) is 0 Å². The molecule has 0 aliphatic rings. The van der Waals surface area contributed by atoms with E-state index in [2.05, 4.69) is 4.98 Å². The second kappa shape index (κ2) is 3.24. The topological polar surface area (TPSA) is 82.0 Å². The summed E-state index contributed by atoms with van der Waals surface area (Å²) in [4.78, 5) is 15.1. The number of aryl methyl sites for hydroxylation is 1. The molecule has 1 aromatic heterocycles. The van der Waals surface area contributed by atoms with Crippen LogP contribution in [0.3, 0.4) is 0 Å². The molecule has 0 bridgehead atoms. The summed E-state index contributed by atoms with van der Waals surface area (Å²) in [6.07, 6.45) is 1.61. The van der Waals surface area contributed by atoms with E-state index in [4.69, 9.17) is 11.5 Å². The number of aromatic nitrogens is 1. The van der Waals surface area contributed by atoms with Crippen LogP contribution >= 0.6 is 0 Å². The lowest BCUT2D eigenvalue weighted by Gasteiger charge is -2.06. The number of nitrogen functional groups attached to an aromatic ring is 1. The van der Waals surface area contributed by atoms with Crippen molar-refractivity contribution in [3.63, 3.8) is 0 Å². The first-order valence-electron chi connectivity index (χ1n) is 4.54. The van der Waals surface area contributed by atoms with Gasteiger partial charge < -0.3 is 11.5 Å². The minimum Gasteiger partial charge on any atom is -0.383 e.